The molecular formula is C30H41N7O9. The van der Waals surface area contributed by atoms with E-state index in [-0.39, 0.29) is 42.0 Å². The van der Waals surface area contributed by atoms with E-state index < -0.39 is 63.8 Å². The molecule has 3 aliphatic carbocycles. The van der Waals surface area contributed by atoms with Gasteiger partial charge in [-0.1, -0.05) is 0 Å². The van der Waals surface area contributed by atoms with Gasteiger partial charge in [0.1, 0.15) is 28.6 Å². The Morgan fingerprint density at radius 2 is 1.91 bits per heavy atom. The van der Waals surface area contributed by atoms with E-state index in [1.165, 1.54) is 4.90 Å². The standard InChI is InChI=1S/C30H41N7O9/c1-35(2)18-11-17(33-19(34-45)12-32-13-37-7-5-6-8-46-37)24(38)21-15(18)9-14-10-16-23(36(3)4)26(40)22(29(31)43)28(42)30(16,44)27(41)20(14)25(21)39/h11,14,16,23,32,38-39,42,44-45H,5-10,12-13H2,1-4H3,(H2,31,43)(H,33,34)/t14?,16?,23-,30-/m0/s1. The van der Waals surface area contributed by atoms with Crippen LogP contribution < -0.4 is 21.4 Å². The number of aliphatic hydroxyl groups is 3. The highest BCUT2D eigenvalue weighted by Gasteiger charge is 2.64. The van der Waals surface area contributed by atoms with Crippen molar-refractivity contribution in [3.05, 3.63) is 34.1 Å². The third-order valence-corrected chi connectivity index (χ3v) is 9.20. The van der Waals surface area contributed by atoms with Crippen LogP contribution in [0.5, 0.6) is 5.75 Å². The van der Waals surface area contributed by atoms with Gasteiger partial charge in [0.05, 0.1) is 31.4 Å². The number of aromatic hydroxyl groups is 1. The van der Waals surface area contributed by atoms with Crippen LogP contribution in [0.4, 0.5) is 11.4 Å². The summed E-state index contributed by atoms with van der Waals surface area (Å²) in [5.74, 6) is -7.33. The molecule has 16 heteroatoms. The molecule has 0 radical (unpaired) electrons. The number of ketones is 2. The van der Waals surface area contributed by atoms with Gasteiger partial charge in [-0.2, -0.15) is 5.06 Å². The molecular weight excluding hydrogens is 602 g/mol. The number of nitrogens with two attached hydrogens (primary N) is 1. The number of carbonyl (C=O) groups excluding carboxylic acids is 3. The van der Waals surface area contributed by atoms with Crippen molar-refractivity contribution in [1.29, 1.82) is 0 Å². The first-order valence-corrected chi connectivity index (χ1v) is 15.0. The molecule has 16 nitrogen and oxygen atoms in total. The Labute approximate surface area is 265 Å². The number of fused-ring (bicyclic) bond motifs is 3. The highest BCUT2D eigenvalue weighted by atomic mass is 16.7. The van der Waals surface area contributed by atoms with Gasteiger partial charge in [0.15, 0.2) is 17.1 Å². The van der Waals surface area contributed by atoms with E-state index in [2.05, 4.69) is 10.3 Å². The number of aliphatic imine (C=N–C) groups is 1. The van der Waals surface area contributed by atoms with Crippen LogP contribution in [0.25, 0.3) is 5.76 Å². The van der Waals surface area contributed by atoms with E-state index in [0.29, 0.717) is 24.5 Å². The van der Waals surface area contributed by atoms with Crippen LogP contribution >= 0.6 is 0 Å². The predicted molar refractivity (Wildman–Crippen MR) is 165 cm³/mol. The molecule has 46 heavy (non-hydrogen) atoms. The molecule has 5 rings (SSSR count). The van der Waals surface area contributed by atoms with Crippen molar-refractivity contribution < 1.29 is 44.9 Å². The summed E-state index contributed by atoms with van der Waals surface area (Å²) < 4.78 is 0. The van der Waals surface area contributed by atoms with Crippen molar-refractivity contribution in [2.45, 2.75) is 37.3 Å². The van der Waals surface area contributed by atoms with Crippen molar-refractivity contribution in [2.24, 2.45) is 22.6 Å². The van der Waals surface area contributed by atoms with E-state index in [0.717, 1.165) is 19.4 Å². The number of nitrogens with zero attached hydrogens (tertiary/aromatic N) is 4. The molecule has 1 saturated carbocycles. The number of likely N-dealkylation sites (N-methyl/N-ethyl adjacent to an activating group) is 1. The summed E-state index contributed by atoms with van der Waals surface area (Å²) in [6.07, 6.45) is 2.07. The third kappa shape index (κ3) is 5.40. The number of Topliss-reactive ketones (excluding diaryl/α,β-unsaturated/α-hetero) is 2. The molecule has 0 bridgehead atoms. The lowest BCUT2D eigenvalue weighted by Crippen LogP contribution is -2.65. The van der Waals surface area contributed by atoms with Gasteiger partial charge < -0.3 is 31.1 Å². The Morgan fingerprint density at radius 3 is 2.50 bits per heavy atom. The number of primary amides is 1. The summed E-state index contributed by atoms with van der Waals surface area (Å²) in [6, 6.07) is 0.411. The Kier molecular flexibility index (Phi) is 9.14. The van der Waals surface area contributed by atoms with Crippen LogP contribution in [-0.4, -0.2) is 125 Å². The number of rotatable bonds is 8. The summed E-state index contributed by atoms with van der Waals surface area (Å²) >= 11 is 0. The summed E-state index contributed by atoms with van der Waals surface area (Å²) in [5, 5.41) is 60.7. The quantitative estimate of drug-likeness (QED) is 0.0781. The number of phenolic OH excluding ortho intramolecular Hbond substituents is 1. The zero-order valence-corrected chi connectivity index (χ0v) is 26.2. The molecule has 1 aromatic carbocycles. The third-order valence-electron chi connectivity index (χ3n) is 9.20. The van der Waals surface area contributed by atoms with Gasteiger partial charge in [-0.3, -0.25) is 40.1 Å². The maximum Gasteiger partial charge on any atom is 0.255 e. The number of amides is 1. The molecule has 2 fully saturated rings. The molecule has 2 unspecified atom stereocenters. The fraction of sp³-hybridized carbons (Fsp3) is 0.533. The van der Waals surface area contributed by atoms with E-state index in [1.807, 2.05) is 5.48 Å². The van der Waals surface area contributed by atoms with E-state index in [1.54, 1.807) is 44.2 Å². The van der Waals surface area contributed by atoms with Crippen molar-refractivity contribution in [1.82, 2.24) is 20.8 Å². The van der Waals surface area contributed by atoms with Gasteiger partial charge in [-0.15, -0.1) is 0 Å². The van der Waals surface area contributed by atoms with Gasteiger partial charge in [0, 0.05) is 37.8 Å². The minimum atomic E-state index is -2.74. The van der Waals surface area contributed by atoms with Crippen LogP contribution in [0.15, 0.2) is 28.0 Å². The van der Waals surface area contributed by atoms with E-state index >= 15 is 0 Å². The smallest absolute Gasteiger partial charge is 0.255 e. The number of benzene rings is 1. The van der Waals surface area contributed by atoms with Crippen LogP contribution in [0.1, 0.15) is 30.4 Å². The zero-order valence-electron chi connectivity index (χ0n) is 26.2. The summed E-state index contributed by atoms with van der Waals surface area (Å²) in [6.45, 7) is 1.79. The monoisotopic (exact) mass is 643 g/mol. The summed E-state index contributed by atoms with van der Waals surface area (Å²) in [5.41, 5.74) is 4.44. The van der Waals surface area contributed by atoms with Gasteiger partial charge in [0.2, 0.25) is 5.78 Å². The molecule has 4 atom stereocenters. The Hall–Kier alpha value is -4.06. The first-order chi connectivity index (χ1) is 21.7. The van der Waals surface area contributed by atoms with Crippen LogP contribution in [-0.2, 0) is 25.6 Å². The van der Waals surface area contributed by atoms with Crippen LogP contribution in [0, 0.1) is 11.8 Å². The summed E-state index contributed by atoms with van der Waals surface area (Å²) in [4.78, 5) is 52.8. The maximum absolute atomic E-state index is 14.1. The molecule has 1 aromatic rings. The molecule has 9 N–H and O–H groups in total. The molecule has 4 aliphatic rings. The average Bonchev–Trinajstić information content (AvgIpc) is 2.99. The molecule has 250 valence electrons. The van der Waals surface area contributed by atoms with E-state index in [4.69, 9.17) is 10.6 Å². The zero-order chi connectivity index (χ0) is 33.7. The number of amidine groups is 1. The number of phenols is 1. The van der Waals surface area contributed by atoms with Crippen LogP contribution in [0.3, 0.4) is 0 Å². The Morgan fingerprint density at radius 1 is 1.20 bits per heavy atom. The molecule has 0 spiro atoms. The second kappa shape index (κ2) is 12.6. The normalized spacial score (nSPS) is 27.0. The number of anilines is 1. The SMILES string of the molecule is CN(C)c1cc(N=C(CNCN2CCCCO2)NO)c(O)c2c1CC1CC3[C@H](N(C)C)C(=O)C(C(N)=O)=C(O)[C@@]3(O)C(=O)C1=C2O. The predicted octanol–water partition coefficient (Wildman–Crippen LogP) is -0.387. The molecule has 1 saturated heterocycles. The van der Waals surface area contributed by atoms with Gasteiger partial charge >= 0.3 is 0 Å². The average molecular weight is 644 g/mol. The van der Waals surface area contributed by atoms with E-state index in [9.17, 15) is 40.0 Å². The maximum atomic E-state index is 14.1. The molecule has 1 aliphatic heterocycles. The Balaban J connectivity index is 1.59. The largest absolute Gasteiger partial charge is 0.508 e. The molecule has 1 amide bonds. The highest BCUT2D eigenvalue weighted by Crippen LogP contribution is 2.54. The number of nitrogens with one attached hydrogen (secondary N) is 2. The minimum absolute atomic E-state index is 0.0235. The lowest BCUT2D eigenvalue weighted by atomic mass is 9.57. The number of hydroxylamine groups is 3. The number of aliphatic hydroxyl groups excluding tert-OH is 2. The molecule has 1 heterocycles. The van der Waals surface area contributed by atoms with Gasteiger partial charge in [-0.25, -0.2) is 4.99 Å². The highest BCUT2D eigenvalue weighted by molar-refractivity contribution is 6.24. The topological polar surface area (TPSA) is 234 Å². The number of hydrogen-bond acceptors (Lipinski definition) is 14. The fourth-order valence-corrected chi connectivity index (χ4v) is 7.08. The molecule has 0 aromatic heterocycles. The number of carbonyl (C=O) groups is 3. The van der Waals surface area contributed by atoms with Gasteiger partial charge in [-0.05, 0) is 57.3 Å². The van der Waals surface area contributed by atoms with Crippen molar-refractivity contribution in [3.8, 4) is 5.75 Å². The Bertz CT molecular complexity index is 1550. The lowest BCUT2D eigenvalue weighted by molar-refractivity contribution is -0.183. The lowest BCUT2D eigenvalue weighted by Gasteiger charge is -2.50. The van der Waals surface area contributed by atoms with Crippen molar-refractivity contribution >= 4 is 40.4 Å². The van der Waals surface area contributed by atoms with Gasteiger partial charge in [0.25, 0.3) is 5.91 Å². The minimum Gasteiger partial charge on any atom is -0.508 e. The summed E-state index contributed by atoms with van der Waals surface area (Å²) in [7, 11) is 6.60. The second-order valence-corrected chi connectivity index (χ2v) is 12.5. The first kappa shape index (κ1) is 33.3. The van der Waals surface area contributed by atoms with Crippen LogP contribution in [0.2, 0.25) is 0 Å². The van der Waals surface area contributed by atoms with Crippen molar-refractivity contribution in [2.75, 3.05) is 59.5 Å². The second-order valence-electron chi connectivity index (χ2n) is 12.5. The fourth-order valence-electron chi connectivity index (χ4n) is 7.08. The first-order valence-electron chi connectivity index (χ1n) is 15.0. The van der Waals surface area contributed by atoms with Crippen molar-refractivity contribution in [3.63, 3.8) is 0 Å². The number of hydrogen-bond donors (Lipinski definition) is 8.